The highest BCUT2D eigenvalue weighted by Gasteiger charge is 2.31. The van der Waals surface area contributed by atoms with Crippen LogP contribution in [0.3, 0.4) is 0 Å². The van der Waals surface area contributed by atoms with Gasteiger partial charge < -0.3 is 10.4 Å². The molecule has 0 bridgehead atoms. The van der Waals surface area contributed by atoms with Crippen LogP contribution >= 0.6 is 15.9 Å². The van der Waals surface area contributed by atoms with Gasteiger partial charge >= 0.3 is 6.18 Å². The molecule has 2 rings (SSSR count). The standard InChI is InChI=1S/C13H15BrF3NO/c14-9-6-5-8(13(15,16)17)7-11(9)18-10-3-1-2-4-12(10)19/h5-7,10,12,18-19H,1-4H2. The summed E-state index contributed by atoms with van der Waals surface area (Å²) in [5.41, 5.74) is -0.315. The fourth-order valence-corrected chi connectivity index (χ4v) is 2.65. The Morgan fingerprint density at radius 1 is 1.21 bits per heavy atom. The zero-order valence-corrected chi connectivity index (χ0v) is 11.8. The largest absolute Gasteiger partial charge is 0.416 e. The van der Waals surface area contributed by atoms with Crippen molar-refractivity contribution in [3.63, 3.8) is 0 Å². The molecule has 1 aliphatic carbocycles. The zero-order valence-electron chi connectivity index (χ0n) is 10.2. The van der Waals surface area contributed by atoms with Gasteiger partial charge in [0.2, 0.25) is 0 Å². The first-order valence-electron chi connectivity index (χ1n) is 6.19. The fraction of sp³-hybridized carbons (Fsp3) is 0.538. The van der Waals surface area contributed by atoms with Crippen LogP contribution in [0.4, 0.5) is 18.9 Å². The van der Waals surface area contributed by atoms with Crippen molar-refractivity contribution in [1.29, 1.82) is 0 Å². The highest BCUT2D eigenvalue weighted by atomic mass is 79.9. The molecule has 2 unspecified atom stereocenters. The van der Waals surface area contributed by atoms with Crippen LogP contribution in [0.5, 0.6) is 0 Å². The molecule has 106 valence electrons. The summed E-state index contributed by atoms with van der Waals surface area (Å²) in [4.78, 5) is 0. The molecule has 1 saturated carbocycles. The summed E-state index contributed by atoms with van der Waals surface area (Å²) in [7, 11) is 0. The lowest BCUT2D eigenvalue weighted by atomic mass is 9.92. The van der Waals surface area contributed by atoms with Gasteiger partial charge in [-0.15, -0.1) is 0 Å². The van der Waals surface area contributed by atoms with E-state index in [1.165, 1.54) is 6.07 Å². The van der Waals surface area contributed by atoms with Crippen molar-refractivity contribution in [3.8, 4) is 0 Å². The highest BCUT2D eigenvalue weighted by molar-refractivity contribution is 9.10. The lowest BCUT2D eigenvalue weighted by molar-refractivity contribution is -0.137. The van der Waals surface area contributed by atoms with Gasteiger partial charge in [-0.3, -0.25) is 0 Å². The number of hydrogen-bond acceptors (Lipinski definition) is 2. The molecule has 19 heavy (non-hydrogen) atoms. The van der Waals surface area contributed by atoms with E-state index in [1.807, 2.05) is 0 Å². The zero-order chi connectivity index (χ0) is 14.0. The molecule has 1 aromatic carbocycles. The number of rotatable bonds is 2. The molecule has 0 aromatic heterocycles. The number of halogens is 4. The summed E-state index contributed by atoms with van der Waals surface area (Å²) in [6.45, 7) is 0. The van der Waals surface area contributed by atoms with E-state index in [-0.39, 0.29) is 6.04 Å². The molecular weight excluding hydrogens is 323 g/mol. The summed E-state index contributed by atoms with van der Waals surface area (Å²) in [5, 5.41) is 12.9. The molecule has 6 heteroatoms. The Kier molecular flexibility index (Phi) is 4.40. The fourth-order valence-electron chi connectivity index (χ4n) is 2.29. The van der Waals surface area contributed by atoms with E-state index in [9.17, 15) is 18.3 Å². The van der Waals surface area contributed by atoms with Crippen molar-refractivity contribution in [2.24, 2.45) is 0 Å². The van der Waals surface area contributed by atoms with Gasteiger partial charge in [0.1, 0.15) is 0 Å². The Balaban J connectivity index is 2.19. The third kappa shape index (κ3) is 3.63. The lowest BCUT2D eigenvalue weighted by Gasteiger charge is -2.29. The molecule has 0 spiro atoms. The number of aliphatic hydroxyl groups is 1. The van der Waals surface area contributed by atoms with Gasteiger partial charge in [-0.2, -0.15) is 13.2 Å². The minimum Gasteiger partial charge on any atom is -0.391 e. The van der Waals surface area contributed by atoms with E-state index in [0.717, 1.165) is 31.4 Å². The Morgan fingerprint density at radius 3 is 2.53 bits per heavy atom. The number of nitrogens with one attached hydrogen (secondary N) is 1. The minimum absolute atomic E-state index is 0.187. The molecule has 2 atom stereocenters. The van der Waals surface area contributed by atoms with Gasteiger partial charge in [-0.25, -0.2) is 0 Å². The molecule has 1 aromatic rings. The molecule has 2 nitrogen and oxygen atoms in total. The van der Waals surface area contributed by atoms with Crippen LogP contribution in [0.15, 0.2) is 22.7 Å². The second-order valence-corrected chi connectivity index (χ2v) is 5.65. The van der Waals surface area contributed by atoms with Crippen molar-refractivity contribution >= 4 is 21.6 Å². The van der Waals surface area contributed by atoms with Gasteiger partial charge in [0.15, 0.2) is 0 Å². The van der Waals surface area contributed by atoms with E-state index in [2.05, 4.69) is 21.2 Å². The molecule has 2 N–H and O–H groups in total. The average Bonchev–Trinajstić information content (AvgIpc) is 2.33. The van der Waals surface area contributed by atoms with E-state index in [0.29, 0.717) is 16.6 Å². The Hall–Kier alpha value is -0.750. The van der Waals surface area contributed by atoms with Crippen molar-refractivity contribution in [2.75, 3.05) is 5.32 Å². The van der Waals surface area contributed by atoms with Gasteiger partial charge in [0.05, 0.1) is 17.7 Å². The maximum absolute atomic E-state index is 12.7. The number of alkyl halides is 3. The molecular formula is C13H15BrF3NO. The van der Waals surface area contributed by atoms with Crippen LogP contribution in [0.2, 0.25) is 0 Å². The van der Waals surface area contributed by atoms with Gasteiger partial charge in [0.25, 0.3) is 0 Å². The van der Waals surface area contributed by atoms with Gasteiger partial charge in [-0.1, -0.05) is 12.8 Å². The second-order valence-electron chi connectivity index (χ2n) is 4.80. The Labute approximate surface area is 118 Å². The first kappa shape index (κ1) is 14.7. The first-order chi connectivity index (χ1) is 8.88. The predicted molar refractivity (Wildman–Crippen MR) is 71.0 cm³/mol. The number of anilines is 1. The molecule has 0 aliphatic heterocycles. The summed E-state index contributed by atoms with van der Waals surface area (Å²) in [6.07, 6.45) is -1.47. The second kappa shape index (κ2) is 5.71. The summed E-state index contributed by atoms with van der Waals surface area (Å²) >= 11 is 3.23. The molecule has 0 radical (unpaired) electrons. The van der Waals surface area contributed by atoms with Crippen molar-refractivity contribution in [3.05, 3.63) is 28.2 Å². The van der Waals surface area contributed by atoms with E-state index >= 15 is 0 Å². The maximum Gasteiger partial charge on any atom is 0.416 e. The van der Waals surface area contributed by atoms with E-state index < -0.39 is 17.8 Å². The van der Waals surface area contributed by atoms with Crippen LogP contribution in [0, 0.1) is 0 Å². The number of benzene rings is 1. The predicted octanol–water partition coefficient (Wildman–Crippen LogP) is 4.18. The van der Waals surface area contributed by atoms with Crippen molar-refractivity contribution < 1.29 is 18.3 Å². The van der Waals surface area contributed by atoms with Crippen molar-refractivity contribution in [1.82, 2.24) is 0 Å². The van der Waals surface area contributed by atoms with Crippen LogP contribution in [-0.2, 0) is 6.18 Å². The quantitative estimate of drug-likeness (QED) is 0.848. The third-order valence-electron chi connectivity index (χ3n) is 3.36. The van der Waals surface area contributed by atoms with Crippen LogP contribution in [0.1, 0.15) is 31.2 Å². The van der Waals surface area contributed by atoms with E-state index in [4.69, 9.17) is 0 Å². The highest BCUT2D eigenvalue weighted by Crippen LogP contribution is 2.35. The number of hydrogen-bond donors (Lipinski definition) is 2. The van der Waals surface area contributed by atoms with E-state index in [1.54, 1.807) is 0 Å². The Bertz CT molecular complexity index is 450. The molecule has 1 fully saturated rings. The van der Waals surface area contributed by atoms with Crippen LogP contribution in [0.25, 0.3) is 0 Å². The third-order valence-corrected chi connectivity index (χ3v) is 4.06. The van der Waals surface area contributed by atoms with Crippen molar-refractivity contribution in [2.45, 2.75) is 44.0 Å². The normalized spacial score (nSPS) is 24.3. The first-order valence-corrected chi connectivity index (χ1v) is 6.98. The average molecular weight is 338 g/mol. The molecule has 0 amide bonds. The lowest BCUT2D eigenvalue weighted by Crippen LogP contribution is -2.36. The smallest absolute Gasteiger partial charge is 0.391 e. The van der Waals surface area contributed by atoms with Crippen LogP contribution < -0.4 is 5.32 Å². The summed E-state index contributed by atoms with van der Waals surface area (Å²) in [5.74, 6) is 0. The maximum atomic E-state index is 12.7. The Morgan fingerprint density at radius 2 is 1.89 bits per heavy atom. The monoisotopic (exact) mass is 337 g/mol. The molecule has 0 saturated heterocycles. The van der Waals surface area contributed by atoms with Gasteiger partial charge in [0, 0.05) is 10.2 Å². The molecule has 1 aliphatic rings. The summed E-state index contributed by atoms with van der Waals surface area (Å²) < 4.78 is 38.6. The SMILES string of the molecule is OC1CCCCC1Nc1cc(C(F)(F)F)ccc1Br. The molecule has 0 heterocycles. The minimum atomic E-state index is -4.36. The van der Waals surface area contributed by atoms with Gasteiger partial charge in [-0.05, 0) is 47.0 Å². The summed E-state index contributed by atoms with van der Waals surface area (Å²) in [6, 6.07) is 3.30. The van der Waals surface area contributed by atoms with Crippen LogP contribution in [-0.4, -0.2) is 17.3 Å². The number of aliphatic hydroxyl groups excluding tert-OH is 1. The topological polar surface area (TPSA) is 32.3 Å².